The molecule has 2 nitrogen and oxygen atoms in total. The first-order valence-electron chi connectivity index (χ1n) is 7.15. The van der Waals surface area contributed by atoms with Crippen molar-refractivity contribution in [2.45, 2.75) is 31.6 Å². The van der Waals surface area contributed by atoms with E-state index in [1.54, 1.807) is 0 Å². The van der Waals surface area contributed by atoms with Crippen molar-refractivity contribution in [3.8, 4) is 0 Å². The van der Waals surface area contributed by atoms with Crippen LogP contribution < -0.4 is 5.73 Å². The molecule has 1 aromatic heterocycles. The van der Waals surface area contributed by atoms with Crippen molar-refractivity contribution < 1.29 is 0 Å². The molecule has 1 atom stereocenters. The van der Waals surface area contributed by atoms with E-state index in [1.807, 2.05) is 6.07 Å². The molecule has 3 rings (SSSR count). The minimum absolute atomic E-state index is 0.477. The lowest BCUT2D eigenvalue weighted by Crippen LogP contribution is -2.19. The summed E-state index contributed by atoms with van der Waals surface area (Å²) in [4.78, 5) is 0. The quantitative estimate of drug-likeness (QED) is 0.900. The Kier molecular flexibility index (Phi) is 3.55. The average Bonchev–Trinajstić information content (AvgIpc) is 3.01. The Bertz CT molecular complexity index is 582. The fraction of sp³-hybridized carbons (Fsp3) is 0.500. The van der Waals surface area contributed by atoms with Gasteiger partial charge in [-0.15, -0.1) is 0 Å². The highest BCUT2D eigenvalue weighted by Gasteiger charge is 2.27. The molecule has 0 radical (unpaired) electrons. The lowest BCUT2D eigenvalue weighted by atomic mass is 9.85. The van der Waals surface area contributed by atoms with Crippen LogP contribution in [0.4, 0.5) is 0 Å². The molecule has 1 aliphatic rings. The Morgan fingerprint density at radius 3 is 2.79 bits per heavy atom. The molecule has 102 valence electrons. The Labute approximate surface area is 119 Å². The van der Waals surface area contributed by atoms with Crippen molar-refractivity contribution in [2.24, 2.45) is 18.7 Å². The standard InChI is InChI=1S/C16H21ClN2/c1-19-10-15(13-8-12(17)6-7-16(13)19)14(9-18)11-4-2-3-5-11/h6-8,10-11,14H,2-5,9,18H2,1H3. The van der Waals surface area contributed by atoms with Gasteiger partial charge in [-0.3, -0.25) is 0 Å². The third kappa shape index (κ3) is 2.28. The zero-order valence-corrected chi connectivity index (χ0v) is 12.2. The molecule has 1 fully saturated rings. The van der Waals surface area contributed by atoms with Crippen LogP contribution >= 0.6 is 11.6 Å². The number of aromatic nitrogens is 1. The number of rotatable bonds is 3. The Hall–Kier alpha value is -0.990. The van der Waals surface area contributed by atoms with Crippen molar-refractivity contribution >= 4 is 22.5 Å². The van der Waals surface area contributed by atoms with Crippen molar-refractivity contribution in [1.82, 2.24) is 4.57 Å². The lowest BCUT2D eigenvalue weighted by molar-refractivity contribution is 0.442. The molecule has 0 amide bonds. The molecular formula is C16H21ClN2. The van der Waals surface area contributed by atoms with Crippen LogP contribution in [0.2, 0.25) is 5.02 Å². The summed E-state index contributed by atoms with van der Waals surface area (Å²) in [6.07, 6.45) is 7.59. The number of fused-ring (bicyclic) bond motifs is 1. The van der Waals surface area contributed by atoms with E-state index in [4.69, 9.17) is 17.3 Å². The van der Waals surface area contributed by atoms with Crippen molar-refractivity contribution in [1.29, 1.82) is 0 Å². The zero-order valence-electron chi connectivity index (χ0n) is 11.4. The summed E-state index contributed by atoms with van der Waals surface area (Å²) in [7, 11) is 2.10. The molecule has 3 heteroatoms. The fourth-order valence-corrected chi connectivity index (χ4v) is 3.80. The highest BCUT2D eigenvalue weighted by Crippen LogP contribution is 2.40. The summed E-state index contributed by atoms with van der Waals surface area (Å²) in [5.74, 6) is 1.22. The number of halogens is 1. The van der Waals surface area contributed by atoms with Crippen LogP contribution in [-0.2, 0) is 7.05 Å². The van der Waals surface area contributed by atoms with Gasteiger partial charge in [0.2, 0.25) is 0 Å². The first-order chi connectivity index (χ1) is 9.20. The van der Waals surface area contributed by atoms with Crippen molar-refractivity contribution in [3.63, 3.8) is 0 Å². The summed E-state index contributed by atoms with van der Waals surface area (Å²) >= 11 is 6.17. The van der Waals surface area contributed by atoms with Gasteiger partial charge in [-0.1, -0.05) is 24.4 Å². The smallest absolute Gasteiger partial charge is 0.0481 e. The first-order valence-corrected chi connectivity index (χ1v) is 7.53. The van der Waals surface area contributed by atoms with Gasteiger partial charge >= 0.3 is 0 Å². The molecule has 0 aliphatic heterocycles. The highest BCUT2D eigenvalue weighted by molar-refractivity contribution is 6.31. The molecule has 1 aliphatic carbocycles. The predicted octanol–water partition coefficient (Wildman–Crippen LogP) is 4.06. The van der Waals surface area contributed by atoms with Crippen molar-refractivity contribution in [3.05, 3.63) is 35.0 Å². The van der Waals surface area contributed by atoms with E-state index >= 15 is 0 Å². The summed E-state index contributed by atoms with van der Waals surface area (Å²) in [6, 6.07) is 6.15. The first kappa shape index (κ1) is 13.0. The molecular weight excluding hydrogens is 256 g/mol. The largest absolute Gasteiger partial charge is 0.350 e. The molecule has 1 heterocycles. The molecule has 19 heavy (non-hydrogen) atoms. The second kappa shape index (κ2) is 5.18. The summed E-state index contributed by atoms with van der Waals surface area (Å²) in [5.41, 5.74) is 8.71. The second-order valence-corrected chi connectivity index (χ2v) is 6.18. The molecule has 2 N–H and O–H groups in total. The molecule has 1 saturated carbocycles. The highest BCUT2D eigenvalue weighted by atomic mass is 35.5. The molecule has 1 aromatic carbocycles. The number of benzene rings is 1. The van der Waals surface area contributed by atoms with Gasteiger partial charge in [0.15, 0.2) is 0 Å². The van der Waals surface area contributed by atoms with Gasteiger partial charge in [0.1, 0.15) is 0 Å². The van der Waals surface area contributed by atoms with Crippen LogP contribution in [0.5, 0.6) is 0 Å². The second-order valence-electron chi connectivity index (χ2n) is 5.74. The van der Waals surface area contributed by atoms with E-state index < -0.39 is 0 Å². The SMILES string of the molecule is Cn1cc(C(CN)C2CCCC2)c2cc(Cl)ccc21. The number of hydrogen-bond acceptors (Lipinski definition) is 1. The minimum Gasteiger partial charge on any atom is -0.350 e. The Balaban J connectivity index is 2.09. The predicted molar refractivity (Wildman–Crippen MR) is 81.7 cm³/mol. The van der Waals surface area contributed by atoms with Gasteiger partial charge in [-0.25, -0.2) is 0 Å². The molecule has 1 unspecified atom stereocenters. The third-order valence-electron chi connectivity index (χ3n) is 4.60. The average molecular weight is 277 g/mol. The zero-order chi connectivity index (χ0) is 13.4. The van der Waals surface area contributed by atoms with Gasteiger partial charge in [0, 0.05) is 35.1 Å². The fourth-order valence-electron chi connectivity index (χ4n) is 3.62. The van der Waals surface area contributed by atoms with Crippen LogP contribution in [-0.4, -0.2) is 11.1 Å². The maximum absolute atomic E-state index is 6.17. The van der Waals surface area contributed by atoms with Gasteiger partial charge < -0.3 is 10.3 Å². The molecule has 0 bridgehead atoms. The maximum atomic E-state index is 6.17. The minimum atomic E-state index is 0.477. The van der Waals surface area contributed by atoms with E-state index in [0.717, 1.165) is 17.5 Å². The van der Waals surface area contributed by atoms with Crippen molar-refractivity contribution in [2.75, 3.05) is 6.54 Å². The normalized spacial score (nSPS) is 18.3. The Morgan fingerprint density at radius 1 is 1.37 bits per heavy atom. The van der Waals surface area contributed by atoms with Gasteiger partial charge in [0.05, 0.1) is 0 Å². The molecule has 0 spiro atoms. The monoisotopic (exact) mass is 276 g/mol. The topological polar surface area (TPSA) is 30.9 Å². The van der Waals surface area contributed by atoms with E-state index in [9.17, 15) is 0 Å². The third-order valence-corrected chi connectivity index (χ3v) is 4.84. The van der Waals surface area contributed by atoms with Crippen LogP contribution in [0.15, 0.2) is 24.4 Å². The number of nitrogens with two attached hydrogens (primary N) is 1. The van der Waals surface area contributed by atoms with E-state index in [0.29, 0.717) is 5.92 Å². The summed E-state index contributed by atoms with van der Waals surface area (Å²) in [5, 5.41) is 2.08. The van der Waals surface area contributed by atoms with E-state index in [2.05, 4.69) is 29.9 Å². The molecule has 2 aromatic rings. The van der Waals surface area contributed by atoms with E-state index in [1.165, 1.54) is 42.1 Å². The number of hydrogen-bond donors (Lipinski definition) is 1. The van der Waals surface area contributed by atoms with Gasteiger partial charge in [-0.2, -0.15) is 0 Å². The van der Waals surface area contributed by atoms with Crippen LogP contribution in [0.1, 0.15) is 37.2 Å². The Morgan fingerprint density at radius 2 is 2.11 bits per heavy atom. The van der Waals surface area contributed by atoms with Crippen LogP contribution in [0.3, 0.4) is 0 Å². The van der Waals surface area contributed by atoms with Gasteiger partial charge in [-0.05, 0) is 49.1 Å². The van der Waals surface area contributed by atoms with Gasteiger partial charge in [0.25, 0.3) is 0 Å². The number of nitrogens with zero attached hydrogens (tertiary/aromatic N) is 1. The van der Waals surface area contributed by atoms with Crippen LogP contribution in [0, 0.1) is 5.92 Å². The maximum Gasteiger partial charge on any atom is 0.0481 e. The molecule has 0 saturated heterocycles. The van der Waals surface area contributed by atoms with Crippen LogP contribution in [0.25, 0.3) is 10.9 Å². The summed E-state index contributed by atoms with van der Waals surface area (Å²) in [6.45, 7) is 0.732. The number of aryl methyl sites for hydroxylation is 1. The van der Waals surface area contributed by atoms with E-state index in [-0.39, 0.29) is 0 Å². The lowest BCUT2D eigenvalue weighted by Gasteiger charge is -2.21. The summed E-state index contributed by atoms with van der Waals surface area (Å²) < 4.78 is 2.19.